The SMILES string of the molecule is NS(=O)(=O)c1ccc(Cn2cc3cc([N+](=O)[O-])ccc3n2)cc1. The Morgan fingerprint density at radius 3 is 2.48 bits per heavy atom. The molecule has 0 unspecified atom stereocenters. The average molecular weight is 332 g/mol. The molecule has 3 aromatic rings. The molecule has 0 fully saturated rings. The number of sulfonamides is 1. The molecule has 9 heteroatoms. The largest absolute Gasteiger partial charge is 0.270 e. The zero-order valence-corrected chi connectivity index (χ0v) is 12.6. The predicted molar refractivity (Wildman–Crippen MR) is 83.3 cm³/mol. The zero-order chi connectivity index (χ0) is 16.6. The van der Waals surface area contributed by atoms with E-state index in [1.807, 2.05) is 0 Å². The third-order valence-corrected chi connectivity index (χ3v) is 4.27. The molecule has 0 aliphatic heterocycles. The van der Waals surface area contributed by atoms with Crippen LogP contribution in [0.4, 0.5) is 5.69 Å². The van der Waals surface area contributed by atoms with Crippen LogP contribution in [-0.2, 0) is 16.6 Å². The minimum atomic E-state index is -3.71. The number of nitrogens with zero attached hydrogens (tertiary/aromatic N) is 3. The first kappa shape index (κ1) is 15.1. The lowest BCUT2D eigenvalue weighted by molar-refractivity contribution is -0.384. The molecule has 0 saturated carbocycles. The van der Waals surface area contributed by atoms with Crippen molar-refractivity contribution in [2.45, 2.75) is 11.4 Å². The topological polar surface area (TPSA) is 121 Å². The van der Waals surface area contributed by atoms with Crippen molar-refractivity contribution >= 4 is 26.6 Å². The van der Waals surface area contributed by atoms with Gasteiger partial charge in [0.2, 0.25) is 10.0 Å². The van der Waals surface area contributed by atoms with Gasteiger partial charge in [0, 0.05) is 23.7 Å². The van der Waals surface area contributed by atoms with Crippen molar-refractivity contribution in [3.63, 3.8) is 0 Å². The highest BCUT2D eigenvalue weighted by Gasteiger charge is 2.10. The maximum atomic E-state index is 11.2. The molecule has 8 nitrogen and oxygen atoms in total. The van der Waals surface area contributed by atoms with Gasteiger partial charge in [-0.1, -0.05) is 12.1 Å². The van der Waals surface area contributed by atoms with Crippen LogP contribution >= 0.6 is 0 Å². The average Bonchev–Trinajstić information content (AvgIpc) is 2.87. The Hall–Kier alpha value is -2.78. The lowest BCUT2D eigenvalue weighted by Crippen LogP contribution is -2.12. The van der Waals surface area contributed by atoms with E-state index in [0.717, 1.165) is 5.56 Å². The Labute approximate surface area is 131 Å². The number of fused-ring (bicyclic) bond motifs is 1. The normalized spacial score (nSPS) is 11.7. The minimum Gasteiger partial charge on any atom is -0.267 e. The van der Waals surface area contributed by atoms with Crippen molar-refractivity contribution in [2.75, 3.05) is 0 Å². The first-order chi connectivity index (χ1) is 10.8. The van der Waals surface area contributed by atoms with Crippen LogP contribution in [0, 0.1) is 10.1 Å². The third-order valence-electron chi connectivity index (χ3n) is 3.34. The van der Waals surface area contributed by atoms with E-state index in [4.69, 9.17) is 5.14 Å². The van der Waals surface area contributed by atoms with Gasteiger partial charge in [0.15, 0.2) is 0 Å². The fourth-order valence-corrected chi connectivity index (χ4v) is 2.75. The molecular formula is C14H12N4O4S. The van der Waals surface area contributed by atoms with Gasteiger partial charge in [0.25, 0.3) is 5.69 Å². The lowest BCUT2D eigenvalue weighted by atomic mass is 10.2. The molecule has 23 heavy (non-hydrogen) atoms. The molecule has 0 radical (unpaired) electrons. The summed E-state index contributed by atoms with van der Waals surface area (Å²) in [5.74, 6) is 0. The number of primary sulfonamides is 1. The quantitative estimate of drug-likeness (QED) is 0.575. The third kappa shape index (κ3) is 3.20. The Morgan fingerprint density at radius 1 is 1.17 bits per heavy atom. The van der Waals surface area contributed by atoms with Crippen molar-refractivity contribution in [1.82, 2.24) is 9.78 Å². The molecule has 0 aliphatic rings. The lowest BCUT2D eigenvalue weighted by Gasteiger charge is -2.03. The van der Waals surface area contributed by atoms with Gasteiger partial charge in [0.1, 0.15) is 0 Å². The minimum absolute atomic E-state index is 0.00885. The molecule has 0 spiro atoms. The molecule has 3 rings (SSSR count). The standard InChI is InChI=1S/C14H12N4O4S/c15-23(21,22)13-4-1-10(2-5-13)8-17-9-11-7-12(18(19)20)3-6-14(11)16-17/h1-7,9H,8H2,(H2,15,21,22). The first-order valence-electron chi connectivity index (χ1n) is 6.56. The maximum Gasteiger partial charge on any atom is 0.270 e. The second-order valence-corrected chi connectivity index (χ2v) is 6.58. The first-order valence-corrected chi connectivity index (χ1v) is 8.11. The van der Waals surface area contributed by atoms with Crippen molar-refractivity contribution in [3.8, 4) is 0 Å². The van der Waals surface area contributed by atoms with Crippen LogP contribution in [0.1, 0.15) is 5.56 Å². The number of nitrogens with two attached hydrogens (primary N) is 1. The fraction of sp³-hybridized carbons (Fsp3) is 0.0714. The van der Waals surface area contributed by atoms with Crippen LogP contribution in [0.5, 0.6) is 0 Å². The molecule has 0 saturated heterocycles. The van der Waals surface area contributed by atoms with Crippen molar-refractivity contribution < 1.29 is 13.3 Å². The summed E-state index contributed by atoms with van der Waals surface area (Å²) in [7, 11) is -3.71. The molecule has 2 N–H and O–H groups in total. The van der Waals surface area contributed by atoms with Gasteiger partial charge in [0.05, 0.1) is 21.9 Å². The van der Waals surface area contributed by atoms with Gasteiger partial charge in [-0.05, 0) is 23.8 Å². The van der Waals surface area contributed by atoms with E-state index in [9.17, 15) is 18.5 Å². The fourth-order valence-electron chi connectivity index (χ4n) is 2.23. The Bertz CT molecular complexity index is 993. The Kier molecular flexibility index (Phi) is 3.58. The van der Waals surface area contributed by atoms with Gasteiger partial charge in [-0.25, -0.2) is 13.6 Å². The van der Waals surface area contributed by atoms with Crippen LogP contribution in [0.15, 0.2) is 53.6 Å². The van der Waals surface area contributed by atoms with Gasteiger partial charge in [-0.2, -0.15) is 5.10 Å². The summed E-state index contributed by atoms with van der Waals surface area (Å²) in [6.45, 7) is 0.410. The summed E-state index contributed by atoms with van der Waals surface area (Å²) in [6, 6.07) is 10.6. The van der Waals surface area contributed by atoms with Crippen molar-refractivity contribution in [3.05, 3.63) is 64.3 Å². The van der Waals surface area contributed by atoms with E-state index in [-0.39, 0.29) is 10.6 Å². The Morgan fingerprint density at radius 2 is 1.87 bits per heavy atom. The summed E-state index contributed by atoms with van der Waals surface area (Å²) >= 11 is 0. The maximum absolute atomic E-state index is 11.2. The summed E-state index contributed by atoms with van der Waals surface area (Å²) in [6.07, 6.45) is 1.70. The highest BCUT2D eigenvalue weighted by atomic mass is 32.2. The van der Waals surface area contributed by atoms with E-state index in [1.165, 1.54) is 24.3 Å². The van der Waals surface area contributed by atoms with Crippen LogP contribution in [0.3, 0.4) is 0 Å². The molecule has 0 bridgehead atoms. The van der Waals surface area contributed by atoms with E-state index >= 15 is 0 Å². The highest BCUT2D eigenvalue weighted by molar-refractivity contribution is 7.89. The number of hydrogen-bond donors (Lipinski definition) is 1. The number of non-ortho nitro benzene ring substituents is 1. The van der Waals surface area contributed by atoms with E-state index < -0.39 is 14.9 Å². The summed E-state index contributed by atoms with van der Waals surface area (Å²) in [5.41, 5.74) is 1.49. The smallest absolute Gasteiger partial charge is 0.267 e. The Balaban J connectivity index is 1.88. The molecule has 0 amide bonds. The van der Waals surface area contributed by atoms with Crippen molar-refractivity contribution in [2.24, 2.45) is 5.14 Å². The van der Waals surface area contributed by atoms with Crippen molar-refractivity contribution in [1.29, 1.82) is 0 Å². The predicted octanol–water partition coefficient (Wildman–Crippen LogP) is 1.64. The van der Waals surface area contributed by atoms with Gasteiger partial charge in [-0.15, -0.1) is 0 Å². The monoisotopic (exact) mass is 332 g/mol. The summed E-state index contributed by atoms with van der Waals surface area (Å²) in [5, 5.41) is 20.8. The molecule has 0 aliphatic carbocycles. The number of rotatable bonds is 4. The number of hydrogen-bond acceptors (Lipinski definition) is 5. The van der Waals surface area contributed by atoms with Crippen LogP contribution < -0.4 is 5.14 Å². The number of benzene rings is 2. The van der Waals surface area contributed by atoms with Gasteiger partial charge in [-0.3, -0.25) is 14.8 Å². The molecular weight excluding hydrogens is 320 g/mol. The molecule has 1 aromatic heterocycles. The van der Waals surface area contributed by atoms with E-state index in [1.54, 1.807) is 29.1 Å². The van der Waals surface area contributed by atoms with Crippen LogP contribution in [0.25, 0.3) is 10.9 Å². The highest BCUT2D eigenvalue weighted by Crippen LogP contribution is 2.20. The van der Waals surface area contributed by atoms with Crippen LogP contribution in [0.2, 0.25) is 0 Å². The van der Waals surface area contributed by atoms with Gasteiger partial charge < -0.3 is 0 Å². The van der Waals surface area contributed by atoms with Gasteiger partial charge >= 0.3 is 0 Å². The molecule has 118 valence electrons. The summed E-state index contributed by atoms with van der Waals surface area (Å²) < 4.78 is 24.1. The van der Waals surface area contributed by atoms with E-state index in [0.29, 0.717) is 17.4 Å². The second kappa shape index (κ2) is 5.45. The second-order valence-electron chi connectivity index (χ2n) is 5.02. The number of aromatic nitrogens is 2. The van der Waals surface area contributed by atoms with E-state index in [2.05, 4.69) is 5.10 Å². The number of nitro benzene ring substituents is 1. The zero-order valence-electron chi connectivity index (χ0n) is 11.8. The summed E-state index contributed by atoms with van der Waals surface area (Å²) in [4.78, 5) is 10.4. The van der Waals surface area contributed by atoms with Crippen LogP contribution in [-0.4, -0.2) is 23.1 Å². The molecule has 1 heterocycles. The number of nitro groups is 1. The molecule has 2 aromatic carbocycles. The molecule has 0 atom stereocenters.